The van der Waals surface area contributed by atoms with Gasteiger partial charge in [-0.2, -0.15) is 0 Å². The molecule has 0 radical (unpaired) electrons. The lowest BCUT2D eigenvalue weighted by atomic mass is 10.0. The van der Waals surface area contributed by atoms with Crippen LogP contribution in [0.25, 0.3) is 17.5 Å². The molecule has 7 nitrogen and oxygen atoms in total. The van der Waals surface area contributed by atoms with Gasteiger partial charge in [0.2, 0.25) is 0 Å². The van der Waals surface area contributed by atoms with Crippen molar-refractivity contribution in [2.24, 2.45) is 5.41 Å². The third-order valence-electron chi connectivity index (χ3n) is 8.28. The van der Waals surface area contributed by atoms with E-state index < -0.39 is 0 Å². The summed E-state index contributed by atoms with van der Waals surface area (Å²) in [5.41, 5.74) is 3.08. The Morgan fingerprint density at radius 1 is 1.22 bits per heavy atom. The second-order valence-electron chi connectivity index (χ2n) is 10.9. The number of pyridine rings is 1. The van der Waals surface area contributed by atoms with E-state index >= 15 is 0 Å². The lowest BCUT2D eigenvalue weighted by Gasteiger charge is -2.26. The van der Waals surface area contributed by atoms with Crippen LogP contribution in [0.5, 0.6) is 0 Å². The molecule has 3 aromatic rings. The van der Waals surface area contributed by atoms with Gasteiger partial charge in [-0.1, -0.05) is 18.2 Å². The van der Waals surface area contributed by atoms with Crippen molar-refractivity contribution in [3.8, 4) is 11.4 Å². The van der Waals surface area contributed by atoms with Crippen molar-refractivity contribution >= 4 is 17.7 Å². The van der Waals surface area contributed by atoms with Crippen LogP contribution in [0.2, 0.25) is 0 Å². The summed E-state index contributed by atoms with van der Waals surface area (Å²) in [7, 11) is 4.36. The lowest BCUT2D eigenvalue weighted by Crippen LogP contribution is -2.28. The van der Waals surface area contributed by atoms with Crippen molar-refractivity contribution in [1.82, 2.24) is 24.8 Å². The van der Waals surface area contributed by atoms with E-state index in [9.17, 15) is 4.39 Å². The molecule has 192 valence electrons. The lowest BCUT2D eigenvalue weighted by molar-refractivity contribution is 0.335. The maximum atomic E-state index is 13.7. The molecule has 3 fully saturated rings. The second-order valence-corrected chi connectivity index (χ2v) is 10.9. The normalized spacial score (nSPS) is 25.2. The van der Waals surface area contributed by atoms with E-state index in [-0.39, 0.29) is 11.9 Å². The number of likely N-dealkylation sites (tertiary alicyclic amines) is 1. The van der Waals surface area contributed by atoms with Gasteiger partial charge in [0.1, 0.15) is 23.3 Å². The van der Waals surface area contributed by atoms with E-state index in [0.717, 1.165) is 55.2 Å². The highest BCUT2D eigenvalue weighted by atomic mass is 19.1. The van der Waals surface area contributed by atoms with Crippen molar-refractivity contribution < 1.29 is 4.39 Å². The minimum Gasteiger partial charge on any atom is -0.356 e. The van der Waals surface area contributed by atoms with E-state index in [1.54, 1.807) is 24.4 Å². The molecule has 2 aromatic heterocycles. The van der Waals surface area contributed by atoms with Crippen molar-refractivity contribution in [1.29, 1.82) is 5.41 Å². The summed E-state index contributed by atoms with van der Waals surface area (Å²) < 4.78 is 13.7. The average Bonchev–Trinajstić information content (AvgIpc) is 3.32. The molecule has 6 rings (SSSR count). The highest BCUT2D eigenvalue weighted by Gasteiger charge is 2.58. The van der Waals surface area contributed by atoms with Crippen molar-refractivity contribution in [3.63, 3.8) is 0 Å². The first kappa shape index (κ1) is 23.9. The monoisotopic (exact) mass is 499 g/mol. The highest BCUT2D eigenvalue weighted by molar-refractivity contribution is 5.94. The molecule has 3 atom stereocenters. The Morgan fingerprint density at radius 2 is 2.08 bits per heavy atom. The molecule has 0 bridgehead atoms. The Morgan fingerprint density at radius 3 is 2.89 bits per heavy atom. The van der Waals surface area contributed by atoms with Gasteiger partial charge >= 0.3 is 0 Å². The quantitative estimate of drug-likeness (QED) is 0.370. The number of imidazole rings is 1. The maximum absolute atomic E-state index is 13.7. The molecule has 4 heterocycles. The number of amidine groups is 1. The zero-order chi connectivity index (χ0) is 25.6. The van der Waals surface area contributed by atoms with E-state index in [1.165, 1.54) is 18.9 Å². The van der Waals surface area contributed by atoms with E-state index in [0.29, 0.717) is 23.1 Å². The van der Waals surface area contributed by atoms with E-state index in [2.05, 4.69) is 46.0 Å². The summed E-state index contributed by atoms with van der Waals surface area (Å²) in [6.07, 6.45) is 9.81. The summed E-state index contributed by atoms with van der Waals surface area (Å²) in [5.74, 6) is 1.87. The number of aromatic amines is 1. The fourth-order valence-corrected chi connectivity index (χ4v) is 6.26. The summed E-state index contributed by atoms with van der Waals surface area (Å²) in [6, 6.07) is 13.6. The van der Waals surface area contributed by atoms with Crippen LogP contribution < -0.4 is 4.90 Å². The SMILES string of the molecule is CN(C)C1CC12CCN(c1cccc(-c3cnc(/C=C\C(=N)N4CCCC4c4cccc(F)c4)[nH]3)n1)C2. The number of anilines is 1. The second kappa shape index (κ2) is 9.41. The standard InChI is InChI=1S/C29H34FN7/c1-35(2)25-17-29(25)13-15-36(19-29)28-10-4-8-22(34-28)23-18-32-27(33-23)12-11-26(31)37-14-5-9-24(37)20-6-3-7-21(30)16-20/h3-4,6-8,10-12,16,18,24-25,31H,5,9,13-15,17,19H2,1-2H3,(H,32,33)/b12-11-,31-26?. The predicted molar refractivity (Wildman–Crippen MR) is 145 cm³/mol. The largest absolute Gasteiger partial charge is 0.356 e. The third-order valence-corrected chi connectivity index (χ3v) is 8.28. The Labute approximate surface area is 217 Å². The van der Waals surface area contributed by atoms with Crippen LogP contribution in [0.1, 0.15) is 43.1 Å². The first-order valence-corrected chi connectivity index (χ1v) is 13.1. The number of halogens is 1. The Bertz CT molecular complexity index is 1330. The van der Waals surface area contributed by atoms with Gasteiger partial charge in [0.05, 0.1) is 23.6 Å². The van der Waals surface area contributed by atoms with Crippen LogP contribution in [0.15, 0.2) is 54.7 Å². The van der Waals surface area contributed by atoms with E-state index in [4.69, 9.17) is 10.4 Å². The number of aromatic nitrogens is 3. The fourth-order valence-electron chi connectivity index (χ4n) is 6.26. The maximum Gasteiger partial charge on any atom is 0.130 e. The number of nitrogens with zero attached hydrogens (tertiary/aromatic N) is 5. The van der Waals surface area contributed by atoms with Crippen LogP contribution in [-0.2, 0) is 0 Å². The number of hydrogen-bond donors (Lipinski definition) is 2. The summed E-state index contributed by atoms with van der Waals surface area (Å²) in [6.45, 7) is 2.91. The molecule has 3 unspecified atom stereocenters. The van der Waals surface area contributed by atoms with Gasteiger partial charge < -0.3 is 19.7 Å². The molecule has 1 spiro atoms. The van der Waals surface area contributed by atoms with E-state index in [1.807, 2.05) is 23.1 Å². The van der Waals surface area contributed by atoms with Gasteiger partial charge in [-0.3, -0.25) is 5.41 Å². The number of rotatable bonds is 6. The molecule has 1 aromatic carbocycles. The summed E-state index contributed by atoms with van der Waals surface area (Å²) in [5, 5.41) is 8.62. The molecule has 8 heteroatoms. The minimum atomic E-state index is -0.234. The highest BCUT2D eigenvalue weighted by Crippen LogP contribution is 2.55. The smallest absolute Gasteiger partial charge is 0.130 e. The van der Waals surface area contributed by atoms with Gasteiger partial charge in [0.15, 0.2) is 0 Å². The molecule has 2 N–H and O–H groups in total. The predicted octanol–water partition coefficient (Wildman–Crippen LogP) is 4.97. The molecule has 3 aliphatic rings. The average molecular weight is 500 g/mol. The Balaban J connectivity index is 1.12. The van der Waals surface area contributed by atoms with Gasteiger partial charge in [0, 0.05) is 31.1 Å². The topological polar surface area (TPSA) is 75.1 Å². The first-order valence-electron chi connectivity index (χ1n) is 13.1. The molecule has 0 amide bonds. The number of benzene rings is 1. The molecule has 1 saturated carbocycles. The molecule has 2 saturated heterocycles. The van der Waals surface area contributed by atoms with Gasteiger partial charge in [-0.15, -0.1) is 0 Å². The van der Waals surface area contributed by atoms with Crippen molar-refractivity contribution in [2.45, 2.75) is 37.8 Å². The van der Waals surface area contributed by atoms with Crippen LogP contribution >= 0.6 is 0 Å². The van der Waals surface area contributed by atoms with Crippen LogP contribution in [-0.4, -0.2) is 70.4 Å². The number of H-pyrrole nitrogens is 1. The van der Waals surface area contributed by atoms with Gasteiger partial charge in [0.25, 0.3) is 0 Å². The third kappa shape index (κ3) is 4.66. The summed E-state index contributed by atoms with van der Waals surface area (Å²) >= 11 is 0. The Hall–Kier alpha value is -3.52. The molecular weight excluding hydrogens is 465 g/mol. The number of nitrogens with one attached hydrogen (secondary N) is 2. The zero-order valence-corrected chi connectivity index (χ0v) is 21.5. The summed E-state index contributed by atoms with van der Waals surface area (Å²) in [4.78, 5) is 19.6. The van der Waals surface area contributed by atoms with Crippen LogP contribution in [0, 0.1) is 16.6 Å². The van der Waals surface area contributed by atoms with Crippen molar-refractivity contribution in [3.05, 3.63) is 71.9 Å². The van der Waals surface area contributed by atoms with Gasteiger partial charge in [-0.25, -0.2) is 14.4 Å². The van der Waals surface area contributed by atoms with Crippen LogP contribution in [0.4, 0.5) is 10.2 Å². The zero-order valence-electron chi connectivity index (χ0n) is 21.5. The number of hydrogen-bond acceptors (Lipinski definition) is 5. The first-order chi connectivity index (χ1) is 17.9. The fraction of sp³-hybridized carbons (Fsp3) is 0.414. The van der Waals surface area contributed by atoms with Crippen LogP contribution in [0.3, 0.4) is 0 Å². The Kier molecular flexibility index (Phi) is 6.07. The molecule has 2 aliphatic heterocycles. The molecule has 37 heavy (non-hydrogen) atoms. The molecular formula is C29H34FN7. The van der Waals surface area contributed by atoms with Gasteiger partial charge in [-0.05, 0) is 81.8 Å². The van der Waals surface area contributed by atoms with Crippen molar-refractivity contribution in [2.75, 3.05) is 38.6 Å². The minimum absolute atomic E-state index is 0.0281. The molecule has 1 aliphatic carbocycles.